The van der Waals surface area contributed by atoms with E-state index in [0.717, 1.165) is 30.7 Å². The van der Waals surface area contributed by atoms with E-state index in [9.17, 15) is 4.79 Å². The summed E-state index contributed by atoms with van der Waals surface area (Å²) in [6.45, 7) is 2.59. The van der Waals surface area contributed by atoms with Crippen LogP contribution in [0.4, 0.5) is 4.79 Å². The van der Waals surface area contributed by atoms with Gasteiger partial charge in [0.2, 0.25) is 0 Å². The van der Waals surface area contributed by atoms with Gasteiger partial charge in [0.1, 0.15) is 5.75 Å². The summed E-state index contributed by atoms with van der Waals surface area (Å²) in [7, 11) is 1.66. The van der Waals surface area contributed by atoms with Crippen molar-refractivity contribution in [3.8, 4) is 5.75 Å². The first-order chi connectivity index (χ1) is 11.7. The summed E-state index contributed by atoms with van der Waals surface area (Å²) in [5.41, 5.74) is 2.21. The van der Waals surface area contributed by atoms with Gasteiger partial charge in [-0.2, -0.15) is 0 Å². The number of hydrogen-bond donors (Lipinski definition) is 2. The zero-order chi connectivity index (χ0) is 17.2. The van der Waals surface area contributed by atoms with Gasteiger partial charge in [0.15, 0.2) is 0 Å². The van der Waals surface area contributed by atoms with Crippen LogP contribution in [0.15, 0.2) is 48.7 Å². The number of rotatable bonds is 8. The van der Waals surface area contributed by atoms with Crippen LogP contribution < -0.4 is 15.4 Å². The predicted octanol–water partition coefficient (Wildman–Crippen LogP) is 2.95. The van der Waals surface area contributed by atoms with Crippen molar-refractivity contribution >= 4 is 6.03 Å². The zero-order valence-corrected chi connectivity index (χ0v) is 14.3. The van der Waals surface area contributed by atoms with Crippen LogP contribution in [0.25, 0.3) is 0 Å². The first-order valence-electron chi connectivity index (χ1n) is 8.24. The second-order valence-corrected chi connectivity index (χ2v) is 5.76. The second kappa shape index (κ2) is 9.55. The minimum absolute atomic E-state index is 0.113. The highest BCUT2D eigenvalue weighted by Gasteiger charge is 2.07. The van der Waals surface area contributed by atoms with Crippen molar-refractivity contribution in [2.45, 2.75) is 32.2 Å². The van der Waals surface area contributed by atoms with E-state index in [-0.39, 0.29) is 12.1 Å². The number of benzene rings is 1. The quantitative estimate of drug-likeness (QED) is 0.783. The molecule has 2 aromatic rings. The molecule has 0 aliphatic rings. The van der Waals surface area contributed by atoms with Crippen LogP contribution in [0.2, 0.25) is 0 Å². The first kappa shape index (κ1) is 17.8. The van der Waals surface area contributed by atoms with Crippen LogP contribution in [0.3, 0.4) is 0 Å². The van der Waals surface area contributed by atoms with Crippen molar-refractivity contribution in [2.75, 3.05) is 13.7 Å². The lowest BCUT2D eigenvalue weighted by Crippen LogP contribution is -2.41. The Labute approximate surface area is 143 Å². The van der Waals surface area contributed by atoms with Crippen molar-refractivity contribution in [1.82, 2.24) is 15.6 Å². The number of aromatic nitrogens is 1. The van der Waals surface area contributed by atoms with Crippen LogP contribution in [-0.4, -0.2) is 30.7 Å². The van der Waals surface area contributed by atoms with Crippen molar-refractivity contribution in [1.29, 1.82) is 0 Å². The van der Waals surface area contributed by atoms with Crippen LogP contribution in [0.5, 0.6) is 5.75 Å². The molecule has 0 saturated carbocycles. The molecule has 5 heteroatoms. The fourth-order valence-corrected chi connectivity index (χ4v) is 2.37. The average molecular weight is 327 g/mol. The lowest BCUT2D eigenvalue weighted by atomic mass is 10.1. The number of urea groups is 1. The second-order valence-electron chi connectivity index (χ2n) is 5.76. The normalized spacial score (nSPS) is 11.6. The summed E-state index contributed by atoms with van der Waals surface area (Å²) >= 11 is 0. The molecular formula is C19H25N3O2. The summed E-state index contributed by atoms with van der Waals surface area (Å²) in [4.78, 5) is 16.1. The molecule has 1 atom stereocenters. The maximum absolute atomic E-state index is 11.9. The number of amides is 2. The maximum Gasteiger partial charge on any atom is 0.315 e. The van der Waals surface area contributed by atoms with Crippen molar-refractivity contribution in [3.63, 3.8) is 0 Å². The molecule has 1 aromatic heterocycles. The number of ether oxygens (including phenoxy) is 1. The Balaban J connectivity index is 1.63. The number of aryl methyl sites for hydroxylation is 1. The topological polar surface area (TPSA) is 63.2 Å². The number of methoxy groups -OCH3 is 1. The van der Waals surface area contributed by atoms with Gasteiger partial charge in [-0.3, -0.25) is 4.98 Å². The Morgan fingerprint density at radius 1 is 1.17 bits per heavy atom. The molecule has 1 unspecified atom stereocenters. The molecule has 24 heavy (non-hydrogen) atoms. The van der Waals surface area contributed by atoms with Gasteiger partial charge in [-0.05, 0) is 49.6 Å². The molecule has 0 fully saturated rings. The molecule has 0 aliphatic heterocycles. The molecule has 0 bridgehead atoms. The minimum atomic E-state index is -0.131. The molecule has 128 valence electrons. The number of hydrogen-bond acceptors (Lipinski definition) is 3. The largest absolute Gasteiger partial charge is 0.497 e. The maximum atomic E-state index is 11.9. The Kier molecular flexibility index (Phi) is 7.08. The number of nitrogens with zero attached hydrogens (tertiary/aromatic N) is 1. The fourth-order valence-electron chi connectivity index (χ4n) is 2.37. The van der Waals surface area contributed by atoms with E-state index in [1.54, 1.807) is 13.3 Å². The third-order valence-electron chi connectivity index (χ3n) is 3.80. The summed E-state index contributed by atoms with van der Waals surface area (Å²) in [5.74, 6) is 0.859. The molecule has 0 radical (unpaired) electrons. The zero-order valence-electron chi connectivity index (χ0n) is 14.3. The molecule has 0 aliphatic carbocycles. The van der Waals surface area contributed by atoms with E-state index in [1.165, 1.54) is 5.56 Å². The SMILES string of the molecule is COc1ccc(CCC(C)NC(=O)NCCc2ccccn2)cc1. The Morgan fingerprint density at radius 3 is 2.62 bits per heavy atom. The van der Waals surface area contributed by atoms with Gasteiger partial charge in [0.25, 0.3) is 0 Å². The monoisotopic (exact) mass is 327 g/mol. The van der Waals surface area contributed by atoms with E-state index in [4.69, 9.17) is 4.74 Å². The Bertz CT molecular complexity index is 614. The van der Waals surface area contributed by atoms with Gasteiger partial charge < -0.3 is 15.4 Å². The summed E-state index contributed by atoms with van der Waals surface area (Å²) < 4.78 is 5.15. The van der Waals surface area contributed by atoms with Gasteiger partial charge >= 0.3 is 6.03 Å². The van der Waals surface area contributed by atoms with E-state index >= 15 is 0 Å². The van der Waals surface area contributed by atoms with Gasteiger partial charge in [0, 0.05) is 30.9 Å². The number of pyridine rings is 1. The van der Waals surface area contributed by atoms with Crippen LogP contribution in [0.1, 0.15) is 24.6 Å². The van der Waals surface area contributed by atoms with Crippen molar-refractivity contribution in [2.24, 2.45) is 0 Å². The summed E-state index contributed by atoms with van der Waals surface area (Å²) in [6, 6.07) is 13.8. The van der Waals surface area contributed by atoms with Gasteiger partial charge in [-0.15, -0.1) is 0 Å². The third kappa shape index (κ3) is 6.28. The Hall–Kier alpha value is -2.56. The highest BCUT2D eigenvalue weighted by molar-refractivity contribution is 5.74. The molecule has 1 heterocycles. The predicted molar refractivity (Wildman–Crippen MR) is 95.3 cm³/mol. The molecule has 2 rings (SSSR count). The lowest BCUT2D eigenvalue weighted by Gasteiger charge is -2.14. The molecular weight excluding hydrogens is 302 g/mol. The van der Waals surface area contributed by atoms with Crippen molar-refractivity contribution in [3.05, 3.63) is 59.9 Å². The van der Waals surface area contributed by atoms with Gasteiger partial charge in [0.05, 0.1) is 7.11 Å². The number of nitrogens with one attached hydrogen (secondary N) is 2. The highest BCUT2D eigenvalue weighted by atomic mass is 16.5. The molecule has 0 saturated heterocycles. The molecule has 2 N–H and O–H groups in total. The van der Waals surface area contributed by atoms with E-state index in [0.29, 0.717) is 6.54 Å². The average Bonchev–Trinajstić information content (AvgIpc) is 2.61. The summed E-state index contributed by atoms with van der Waals surface area (Å²) in [5, 5.41) is 5.83. The molecule has 2 amide bonds. The van der Waals surface area contributed by atoms with E-state index in [2.05, 4.69) is 27.8 Å². The third-order valence-corrected chi connectivity index (χ3v) is 3.80. The standard InChI is InChI=1S/C19H25N3O2/c1-15(6-7-16-8-10-18(24-2)11-9-16)22-19(23)21-14-12-17-5-3-4-13-20-17/h3-5,8-11,13,15H,6-7,12,14H2,1-2H3,(H2,21,22,23). The van der Waals surface area contributed by atoms with Gasteiger partial charge in [-0.25, -0.2) is 4.79 Å². The number of carbonyl (C=O) groups is 1. The van der Waals surface area contributed by atoms with Crippen molar-refractivity contribution < 1.29 is 9.53 Å². The van der Waals surface area contributed by atoms with Crippen LogP contribution >= 0.6 is 0 Å². The lowest BCUT2D eigenvalue weighted by molar-refractivity contribution is 0.237. The minimum Gasteiger partial charge on any atom is -0.497 e. The molecule has 1 aromatic carbocycles. The molecule has 5 nitrogen and oxygen atoms in total. The smallest absolute Gasteiger partial charge is 0.315 e. The number of carbonyl (C=O) groups excluding carboxylic acids is 1. The van der Waals surface area contributed by atoms with Crippen LogP contribution in [0, 0.1) is 0 Å². The fraction of sp³-hybridized carbons (Fsp3) is 0.368. The van der Waals surface area contributed by atoms with Crippen LogP contribution in [-0.2, 0) is 12.8 Å². The summed E-state index contributed by atoms with van der Waals surface area (Å²) in [6.07, 6.45) is 4.30. The Morgan fingerprint density at radius 2 is 1.96 bits per heavy atom. The van der Waals surface area contributed by atoms with E-state index < -0.39 is 0 Å². The van der Waals surface area contributed by atoms with E-state index in [1.807, 2.05) is 37.3 Å². The highest BCUT2D eigenvalue weighted by Crippen LogP contribution is 2.13. The first-order valence-corrected chi connectivity index (χ1v) is 8.24. The molecule has 0 spiro atoms. The van der Waals surface area contributed by atoms with Gasteiger partial charge in [-0.1, -0.05) is 18.2 Å².